The average molecular weight is 383 g/mol. The smallest absolute Gasteiger partial charge is 0.341 e. The first-order valence-electron chi connectivity index (χ1n) is 7.78. The predicted molar refractivity (Wildman–Crippen MR) is 101 cm³/mol. The lowest BCUT2D eigenvalue weighted by molar-refractivity contribution is -0.127. The highest BCUT2D eigenvalue weighted by Gasteiger charge is 2.36. The molecule has 136 valence electrons. The number of carbonyl (C=O) groups is 3. The Morgan fingerprint density at radius 1 is 1.36 bits per heavy atom. The van der Waals surface area contributed by atoms with E-state index >= 15 is 0 Å². The molecule has 2 heterocycles. The van der Waals surface area contributed by atoms with Crippen molar-refractivity contribution in [3.8, 4) is 0 Å². The summed E-state index contributed by atoms with van der Waals surface area (Å²) < 4.78 is 5.07. The molecule has 1 N–H and O–H groups in total. The Balaban J connectivity index is 2.13. The zero-order valence-electron chi connectivity index (χ0n) is 14.8. The molecule has 25 heavy (non-hydrogen) atoms. The van der Waals surface area contributed by atoms with Crippen molar-refractivity contribution in [2.24, 2.45) is 4.99 Å². The fourth-order valence-electron chi connectivity index (χ4n) is 2.41. The first-order chi connectivity index (χ1) is 11.8. The van der Waals surface area contributed by atoms with Gasteiger partial charge in [-0.2, -0.15) is 0 Å². The van der Waals surface area contributed by atoms with Crippen molar-refractivity contribution < 1.29 is 19.1 Å². The summed E-state index contributed by atoms with van der Waals surface area (Å²) in [7, 11) is 3.25. The number of rotatable bonds is 5. The van der Waals surface area contributed by atoms with Gasteiger partial charge in [0.25, 0.3) is 0 Å². The van der Waals surface area contributed by atoms with Gasteiger partial charge in [-0.1, -0.05) is 11.8 Å². The van der Waals surface area contributed by atoms with Crippen molar-refractivity contribution in [1.29, 1.82) is 0 Å². The lowest BCUT2D eigenvalue weighted by Crippen LogP contribution is -2.30. The topological polar surface area (TPSA) is 88.1 Å². The minimum atomic E-state index is -0.503. The number of ether oxygens (including phenoxy) is 1. The number of aliphatic imine (C=N–C) groups is 1. The molecule has 0 bridgehead atoms. The Kier molecular flexibility index (Phi) is 6.23. The Bertz CT molecular complexity index is 742. The van der Waals surface area contributed by atoms with Crippen molar-refractivity contribution in [2.45, 2.75) is 32.4 Å². The molecular weight excluding hydrogens is 362 g/mol. The van der Waals surface area contributed by atoms with Crippen LogP contribution in [0.25, 0.3) is 0 Å². The van der Waals surface area contributed by atoms with Crippen molar-refractivity contribution in [1.82, 2.24) is 4.90 Å². The van der Waals surface area contributed by atoms with Gasteiger partial charge in [0.05, 0.1) is 12.2 Å². The van der Waals surface area contributed by atoms with Crippen molar-refractivity contribution in [3.05, 3.63) is 16.0 Å². The van der Waals surface area contributed by atoms with Crippen molar-refractivity contribution >= 4 is 51.1 Å². The zero-order chi connectivity index (χ0) is 18.7. The van der Waals surface area contributed by atoms with Gasteiger partial charge in [-0.15, -0.1) is 11.3 Å². The highest BCUT2D eigenvalue weighted by molar-refractivity contribution is 8.15. The van der Waals surface area contributed by atoms with E-state index in [-0.39, 0.29) is 24.8 Å². The number of nitrogens with zero attached hydrogens (tertiary/aromatic N) is 2. The molecule has 0 saturated carbocycles. The molecule has 1 aliphatic heterocycles. The predicted octanol–water partition coefficient (Wildman–Crippen LogP) is 2.43. The molecular formula is C16H21N3O4S2. The summed E-state index contributed by atoms with van der Waals surface area (Å²) in [6.45, 7) is 5.70. The third-order valence-corrected chi connectivity index (χ3v) is 6.26. The van der Waals surface area contributed by atoms with Gasteiger partial charge in [0.2, 0.25) is 11.8 Å². The summed E-state index contributed by atoms with van der Waals surface area (Å²) in [6, 6.07) is 0. The van der Waals surface area contributed by atoms with Gasteiger partial charge in [0.1, 0.15) is 10.3 Å². The Morgan fingerprint density at radius 3 is 2.60 bits per heavy atom. The molecule has 1 saturated heterocycles. The SMILES string of the molecule is CCOC(=O)c1c(NC(=O)CC2SC(=NC)N(C)C2=O)sc(C)c1C. The van der Waals surface area contributed by atoms with E-state index in [0.717, 1.165) is 10.4 Å². The second kappa shape index (κ2) is 8.01. The lowest BCUT2D eigenvalue weighted by Gasteiger charge is -2.09. The maximum atomic E-state index is 12.4. The van der Waals surface area contributed by atoms with Crippen LogP contribution in [0.5, 0.6) is 0 Å². The van der Waals surface area contributed by atoms with Crippen LogP contribution in [0, 0.1) is 13.8 Å². The molecule has 1 unspecified atom stereocenters. The van der Waals surface area contributed by atoms with Crippen LogP contribution in [0.15, 0.2) is 4.99 Å². The molecule has 2 rings (SSSR count). The summed E-state index contributed by atoms with van der Waals surface area (Å²) in [6.07, 6.45) is 0.0190. The summed E-state index contributed by atoms with van der Waals surface area (Å²) in [5.74, 6) is -0.917. The van der Waals surface area contributed by atoms with Crippen molar-refractivity contribution in [3.63, 3.8) is 0 Å². The molecule has 0 aromatic carbocycles. The number of amidine groups is 1. The number of nitrogens with one attached hydrogen (secondary N) is 1. The standard InChI is InChI=1S/C16H21N3O4S2/c1-6-23-15(22)12-8(2)9(3)24-13(12)18-11(20)7-10-14(21)19(5)16(17-4)25-10/h10H,6-7H2,1-5H3,(H,18,20). The average Bonchev–Trinajstić information content (AvgIpc) is 2.98. The first-order valence-corrected chi connectivity index (χ1v) is 9.47. The van der Waals surface area contributed by atoms with Crippen LogP contribution in [0.2, 0.25) is 0 Å². The molecule has 0 spiro atoms. The Morgan fingerprint density at radius 2 is 2.04 bits per heavy atom. The van der Waals surface area contributed by atoms with Crippen LogP contribution in [-0.4, -0.2) is 53.8 Å². The van der Waals surface area contributed by atoms with Gasteiger partial charge in [-0.05, 0) is 26.3 Å². The van der Waals surface area contributed by atoms with Gasteiger partial charge in [0, 0.05) is 25.4 Å². The van der Waals surface area contributed by atoms with Gasteiger partial charge in [-0.25, -0.2) is 4.79 Å². The normalized spacial score (nSPS) is 18.8. The molecule has 9 heteroatoms. The number of thioether (sulfide) groups is 1. The number of hydrogen-bond donors (Lipinski definition) is 1. The Hall–Kier alpha value is -1.87. The van der Waals surface area contributed by atoms with E-state index in [2.05, 4.69) is 10.3 Å². The number of anilines is 1. The van der Waals surface area contributed by atoms with E-state index < -0.39 is 11.2 Å². The van der Waals surface area contributed by atoms with E-state index in [9.17, 15) is 14.4 Å². The molecule has 2 amide bonds. The largest absolute Gasteiger partial charge is 0.462 e. The summed E-state index contributed by atoms with van der Waals surface area (Å²) in [5.41, 5.74) is 1.18. The maximum absolute atomic E-state index is 12.4. The highest BCUT2D eigenvalue weighted by atomic mass is 32.2. The quantitative estimate of drug-likeness (QED) is 0.789. The lowest BCUT2D eigenvalue weighted by atomic mass is 10.1. The summed E-state index contributed by atoms with van der Waals surface area (Å²) >= 11 is 2.60. The third-order valence-electron chi connectivity index (χ3n) is 3.82. The maximum Gasteiger partial charge on any atom is 0.341 e. The van der Waals surface area contributed by atoms with E-state index in [1.54, 1.807) is 21.0 Å². The molecule has 1 aromatic rings. The number of amides is 2. The molecule has 1 aromatic heterocycles. The molecule has 7 nitrogen and oxygen atoms in total. The summed E-state index contributed by atoms with van der Waals surface area (Å²) in [4.78, 5) is 43.1. The number of esters is 1. The Labute approximate surface area is 154 Å². The van der Waals surface area contributed by atoms with E-state index in [4.69, 9.17) is 4.74 Å². The molecule has 0 radical (unpaired) electrons. The van der Waals surface area contributed by atoms with Gasteiger partial charge in [-0.3, -0.25) is 19.5 Å². The van der Waals surface area contributed by atoms with Crippen LogP contribution in [-0.2, 0) is 14.3 Å². The van der Waals surface area contributed by atoms with Crippen LogP contribution in [0.3, 0.4) is 0 Å². The second-order valence-corrected chi connectivity index (χ2v) is 7.86. The monoisotopic (exact) mass is 383 g/mol. The van der Waals surface area contributed by atoms with Crippen LogP contribution < -0.4 is 5.32 Å². The first kappa shape index (κ1) is 19.5. The molecule has 1 aliphatic rings. The van der Waals surface area contributed by atoms with E-state index in [1.165, 1.54) is 28.0 Å². The van der Waals surface area contributed by atoms with Gasteiger partial charge in [0.15, 0.2) is 5.17 Å². The third kappa shape index (κ3) is 4.04. The number of thiophene rings is 1. The molecule has 0 aliphatic carbocycles. The van der Waals surface area contributed by atoms with Crippen LogP contribution in [0.4, 0.5) is 5.00 Å². The van der Waals surface area contributed by atoms with Gasteiger partial charge < -0.3 is 10.1 Å². The fourth-order valence-corrected chi connectivity index (χ4v) is 4.58. The van der Waals surface area contributed by atoms with E-state index in [0.29, 0.717) is 15.7 Å². The number of carbonyl (C=O) groups excluding carboxylic acids is 3. The highest BCUT2D eigenvalue weighted by Crippen LogP contribution is 2.34. The van der Waals surface area contributed by atoms with E-state index in [1.807, 2.05) is 13.8 Å². The molecule has 1 fully saturated rings. The number of hydrogen-bond acceptors (Lipinski definition) is 7. The zero-order valence-corrected chi connectivity index (χ0v) is 16.5. The van der Waals surface area contributed by atoms with Crippen molar-refractivity contribution in [2.75, 3.05) is 26.0 Å². The minimum Gasteiger partial charge on any atom is -0.462 e. The molecule has 1 atom stereocenters. The van der Waals surface area contributed by atoms with Crippen LogP contribution in [0.1, 0.15) is 34.1 Å². The summed E-state index contributed by atoms with van der Waals surface area (Å²) in [5, 5.41) is 3.32. The van der Waals surface area contributed by atoms with Gasteiger partial charge >= 0.3 is 5.97 Å². The fraction of sp³-hybridized carbons (Fsp3) is 0.500. The number of aryl methyl sites for hydroxylation is 1. The van der Waals surface area contributed by atoms with Crippen LogP contribution >= 0.6 is 23.1 Å². The minimum absolute atomic E-state index is 0.0190. The second-order valence-electron chi connectivity index (χ2n) is 5.47.